The van der Waals surface area contributed by atoms with Gasteiger partial charge in [0.05, 0.1) is 23.7 Å². The van der Waals surface area contributed by atoms with Gasteiger partial charge in [0.1, 0.15) is 5.57 Å². The molecule has 2 aromatic carbocycles. The van der Waals surface area contributed by atoms with Crippen molar-refractivity contribution >= 4 is 35.1 Å². The standard InChI is InChI=1S/C35H37ClN4O5/c1-6-9-26(34(42)39(3)4)32(41)37-27-13-8-10-23(20(27)2)24-11-7-12-25(31(24)36)28-18-21-14-15-29(30(21)33(38-28)45-5)40-17-16-22(19-40)35(43)44/h6-13,18,22,29H,1,14-17,19H2,2-5H3,(H,37,41)(H,43,44)/b26-9-. The summed E-state index contributed by atoms with van der Waals surface area (Å²) in [6.07, 6.45) is 5.15. The summed E-state index contributed by atoms with van der Waals surface area (Å²) in [5.41, 5.74) is 6.48. The van der Waals surface area contributed by atoms with Gasteiger partial charge >= 0.3 is 5.97 Å². The fourth-order valence-corrected chi connectivity index (χ4v) is 6.63. The van der Waals surface area contributed by atoms with Crippen LogP contribution in [0.4, 0.5) is 5.69 Å². The van der Waals surface area contributed by atoms with E-state index in [1.807, 2.05) is 37.3 Å². The number of likely N-dealkylation sites (N-methyl/N-ethyl adjacent to an activating group) is 1. The van der Waals surface area contributed by atoms with Gasteiger partial charge < -0.3 is 20.1 Å². The third kappa shape index (κ3) is 6.23. The minimum atomic E-state index is -0.748. The Bertz CT molecular complexity index is 1720. The monoisotopic (exact) mass is 628 g/mol. The Morgan fingerprint density at radius 2 is 1.84 bits per heavy atom. The van der Waals surface area contributed by atoms with Gasteiger partial charge in [-0.3, -0.25) is 19.3 Å². The molecule has 0 radical (unpaired) electrons. The van der Waals surface area contributed by atoms with Crippen LogP contribution in [-0.2, 0) is 20.8 Å². The molecule has 5 rings (SSSR count). The van der Waals surface area contributed by atoms with E-state index in [1.165, 1.54) is 17.1 Å². The number of ether oxygens (including phenoxy) is 1. The van der Waals surface area contributed by atoms with Crippen molar-refractivity contribution in [2.75, 3.05) is 39.6 Å². The lowest BCUT2D eigenvalue weighted by molar-refractivity contribution is -0.141. The number of benzene rings is 2. The number of nitrogens with zero attached hydrogens (tertiary/aromatic N) is 3. The van der Waals surface area contributed by atoms with Crippen molar-refractivity contribution in [2.24, 2.45) is 5.92 Å². The van der Waals surface area contributed by atoms with Crippen LogP contribution in [0.1, 0.15) is 35.6 Å². The number of carboxylic acids is 1. The van der Waals surface area contributed by atoms with Crippen molar-refractivity contribution in [2.45, 2.75) is 32.2 Å². The van der Waals surface area contributed by atoms with Gasteiger partial charge in [0, 0.05) is 49.1 Å². The van der Waals surface area contributed by atoms with Crippen LogP contribution in [0, 0.1) is 12.8 Å². The van der Waals surface area contributed by atoms with Crippen molar-refractivity contribution in [3.05, 3.63) is 88.5 Å². The molecule has 2 N–H and O–H groups in total. The summed E-state index contributed by atoms with van der Waals surface area (Å²) >= 11 is 7.10. The average molecular weight is 629 g/mol. The zero-order valence-corrected chi connectivity index (χ0v) is 26.6. The Labute approximate surface area is 268 Å². The van der Waals surface area contributed by atoms with Gasteiger partial charge in [-0.25, -0.2) is 4.98 Å². The lowest BCUT2D eigenvalue weighted by Gasteiger charge is -2.25. The number of aryl methyl sites for hydroxylation is 1. The molecule has 234 valence electrons. The van der Waals surface area contributed by atoms with E-state index in [-0.39, 0.29) is 17.5 Å². The average Bonchev–Trinajstić information content (AvgIpc) is 3.68. The second kappa shape index (κ2) is 13.3. The molecule has 2 heterocycles. The molecule has 1 aliphatic heterocycles. The molecule has 0 saturated carbocycles. The van der Waals surface area contributed by atoms with Gasteiger partial charge in [0.25, 0.3) is 11.8 Å². The topological polar surface area (TPSA) is 112 Å². The predicted molar refractivity (Wildman–Crippen MR) is 175 cm³/mol. The molecule has 45 heavy (non-hydrogen) atoms. The molecule has 2 unspecified atom stereocenters. The molecule has 0 spiro atoms. The summed E-state index contributed by atoms with van der Waals surface area (Å²) in [5.74, 6) is -1.53. The highest BCUT2D eigenvalue weighted by atomic mass is 35.5. The number of aliphatic carboxylic acids is 1. The Kier molecular flexibility index (Phi) is 9.41. The van der Waals surface area contributed by atoms with Gasteiger partial charge in [-0.15, -0.1) is 0 Å². The van der Waals surface area contributed by atoms with Crippen molar-refractivity contribution < 1.29 is 24.2 Å². The summed E-state index contributed by atoms with van der Waals surface area (Å²) in [4.78, 5) is 45.7. The van der Waals surface area contributed by atoms with E-state index in [2.05, 4.69) is 22.9 Å². The van der Waals surface area contributed by atoms with E-state index in [1.54, 1.807) is 27.3 Å². The van der Waals surface area contributed by atoms with Crippen LogP contribution in [0.15, 0.2) is 66.8 Å². The number of pyridine rings is 1. The molecule has 3 aromatic rings. The second-order valence-electron chi connectivity index (χ2n) is 11.6. The quantitative estimate of drug-likeness (QED) is 0.131. The summed E-state index contributed by atoms with van der Waals surface area (Å²) in [6, 6.07) is 13.4. The lowest BCUT2D eigenvalue weighted by Crippen LogP contribution is -2.30. The molecule has 1 aromatic heterocycles. The molecular formula is C35H37ClN4O5. The van der Waals surface area contributed by atoms with Crippen molar-refractivity contribution in [3.63, 3.8) is 0 Å². The van der Waals surface area contributed by atoms with E-state index in [0.717, 1.165) is 52.8 Å². The Hall–Kier alpha value is -4.47. The number of carbonyl (C=O) groups is 3. The molecule has 2 aliphatic rings. The smallest absolute Gasteiger partial charge is 0.307 e. The van der Waals surface area contributed by atoms with Crippen LogP contribution >= 0.6 is 11.6 Å². The number of likely N-dealkylation sites (tertiary alicyclic amines) is 1. The number of hydrogen-bond donors (Lipinski definition) is 2. The van der Waals surface area contributed by atoms with Crippen molar-refractivity contribution in [1.82, 2.24) is 14.8 Å². The molecule has 1 saturated heterocycles. The number of carboxylic acid groups (broad SMARTS) is 1. The van der Waals surface area contributed by atoms with Crippen molar-refractivity contribution in [1.29, 1.82) is 0 Å². The first-order valence-electron chi connectivity index (χ1n) is 14.8. The molecule has 1 aliphatic carbocycles. The number of rotatable bonds is 9. The Morgan fingerprint density at radius 1 is 1.13 bits per heavy atom. The molecule has 2 atom stereocenters. The number of anilines is 1. The lowest BCUT2D eigenvalue weighted by atomic mass is 9.96. The molecule has 2 amide bonds. The third-order valence-electron chi connectivity index (χ3n) is 8.65. The highest BCUT2D eigenvalue weighted by Gasteiger charge is 2.38. The molecule has 10 heteroatoms. The van der Waals surface area contributed by atoms with Gasteiger partial charge in [-0.1, -0.05) is 54.6 Å². The van der Waals surface area contributed by atoms with Crippen LogP contribution < -0.4 is 10.1 Å². The Balaban J connectivity index is 1.47. The summed E-state index contributed by atoms with van der Waals surface area (Å²) in [7, 11) is 4.77. The van der Waals surface area contributed by atoms with Crippen LogP contribution in [0.2, 0.25) is 5.02 Å². The number of nitrogens with one attached hydrogen (secondary N) is 1. The highest BCUT2D eigenvalue weighted by molar-refractivity contribution is 6.36. The number of methoxy groups -OCH3 is 1. The summed E-state index contributed by atoms with van der Waals surface area (Å²) < 4.78 is 5.80. The first-order valence-corrected chi connectivity index (χ1v) is 15.2. The van der Waals surface area contributed by atoms with E-state index in [4.69, 9.17) is 21.3 Å². The number of allylic oxidation sites excluding steroid dienone is 2. The maximum atomic E-state index is 13.1. The fourth-order valence-electron chi connectivity index (χ4n) is 6.31. The number of aromatic nitrogens is 1. The zero-order valence-electron chi connectivity index (χ0n) is 25.9. The number of halogens is 1. The van der Waals surface area contributed by atoms with E-state index < -0.39 is 17.8 Å². The van der Waals surface area contributed by atoms with Gasteiger partial charge in [-0.2, -0.15) is 0 Å². The van der Waals surface area contributed by atoms with Crippen LogP contribution in [0.5, 0.6) is 5.88 Å². The SMILES string of the molecule is C=C/C=C(/C(=O)Nc1cccc(-c2cccc(-c3cc4c(c(OC)n3)C(N3CCC(C(=O)O)C3)CC4)c2Cl)c1C)C(=O)N(C)C. The van der Waals surface area contributed by atoms with E-state index in [9.17, 15) is 19.5 Å². The minimum absolute atomic E-state index is 0.0230. The predicted octanol–water partition coefficient (Wildman–Crippen LogP) is 5.92. The molecule has 0 bridgehead atoms. The maximum absolute atomic E-state index is 13.1. The largest absolute Gasteiger partial charge is 0.481 e. The first-order chi connectivity index (χ1) is 21.5. The number of hydrogen-bond acceptors (Lipinski definition) is 6. The highest BCUT2D eigenvalue weighted by Crippen LogP contribution is 2.45. The Morgan fingerprint density at radius 3 is 2.51 bits per heavy atom. The fraction of sp³-hybridized carbons (Fsp3) is 0.314. The summed E-state index contributed by atoms with van der Waals surface area (Å²) in [5, 5.41) is 12.9. The zero-order chi connectivity index (χ0) is 32.4. The second-order valence-corrected chi connectivity index (χ2v) is 12.0. The van der Waals surface area contributed by atoms with Crippen LogP contribution in [0.3, 0.4) is 0 Å². The first kappa shape index (κ1) is 31.9. The third-order valence-corrected chi connectivity index (χ3v) is 9.05. The van der Waals surface area contributed by atoms with Gasteiger partial charge in [0.15, 0.2) is 0 Å². The van der Waals surface area contributed by atoms with Crippen LogP contribution in [-0.4, -0.2) is 72.0 Å². The molecular weight excluding hydrogens is 592 g/mol. The number of fused-ring (bicyclic) bond motifs is 1. The normalized spacial score (nSPS) is 17.9. The van der Waals surface area contributed by atoms with E-state index in [0.29, 0.717) is 35.2 Å². The maximum Gasteiger partial charge on any atom is 0.307 e. The minimum Gasteiger partial charge on any atom is -0.481 e. The molecule has 1 fully saturated rings. The van der Waals surface area contributed by atoms with Crippen LogP contribution in [0.25, 0.3) is 22.4 Å². The van der Waals surface area contributed by atoms with E-state index >= 15 is 0 Å². The molecule has 9 nitrogen and oxygen atoms in total. The van der Waals surface area contributed by atoms with Gasteiger partial charge in [0.2, 0.25) is 5.88 Å². The number of carbonyl (C=O) groups excluding carboxylic acids is 2. The summed E-state index contributed by atoms with van der Waals surface area (Å²) in [6.45, 7) is 6.78. The van der Waals surface area contributed by atoms with Gasteiger partial charge in [-0.05, 0) is 67.6 Å². The van der Waals surface area contributed by atoms with Crippen molar-refractivity contribution in [3.8, 4) is 28.3 Å². The number of amides is 2.